The molecule has 0 saturated heterocycles. The van der Waals surface area contributed by atoms with E-state index in [1.807, 2.05) is 0 Å². The van der Waals surface area contributed by atoms with Crippen molar-refractivity contribution in [3.8, 4) is 0 Å². The van der Waals surface area contributed by atoms with Crippen LogP contribution in [0.4, 0.5) is 17.6 Å². The van der Waals surface area contributed by atoms with E-state index >= 15 is 0 Å². The third kappa shape index (κ3) is 2.99. The second-order valence-corrected chi connectivity index (χ2v) is 2.42. The molecule has 0 aliphatic carbocycles. The van der Waals surface area contributed by atoms with E-state index in [9.17, 15) is 22.4 Å². The van der Waals surface area contributed by atoms with Gasteiger partial charge in [-0.25, -0.2) is 4.79 Å². The molecule has 0 aromatic carbocycles. The number of halogens is 4. The van der Waals surface area contributed by atoms with Crippen molar-refractivity contribution in [2.75, 3.05) is 0 Å². The Morgan fingerprint density at radius 1 is 1.36 bits per heavy atom. The van der Waals surface area contributed by atoms with Crippen molar-refractivity contribution < 1.29 is 32.2 Å². The molecule has 0 fully saturated rings. The monoisotopic (exact) mass is 216 g/mol. The molecule has 0 aromatic rings. The molecule has 82 valence electrons. The third-order valence-electron chi connectivity index (χ3n) is 1.33. The van der Waals surface area contributed by atoms with Crippen LogP contribution >= 0.6 is 0 Å². The maximum atomic E-state index is 12.2. The summed E-state index contributed by atoms with van der Waals surface area (Å²) in [5, 5.41) is 7.67. The number of ether oxygens (including phenoxy) is 1. The molecule has 1 N–H and O–H groups in total. The smallest absolute Gasteiger partial charge is 0.391 e. The van der Waals surface area contributed by atoms with Crippen molar-refractivity contribution in [3.63, 3.8) is 0 Å². The van der Waals surface area contributed by atoms with E-state index in [0.717, 1.165) is 13.0 Å². The van der Waals surface area contributed by atoms with Crippen molar-refractivity contribution in [2.24, 2.45) is 0 Å². The average Bonchev–Trinajstić information content (AvgIpc) is 2.00. The quantitative estimate of drug-likeness (QED) is 0.443. The second kappa shape index (κ2) is 3.95. The van der Waals surface area contributed by atoms with Gasteiger partial charge in [0.1, 0.15) is 0 Å². The van der Waals surface area contributed by atoms with Gasteiger partial charge >= 0.3 is 18.2 Å². The summed E-state index contributed by atoms with van der Waals surface area (Å²) in [4.78, 5) is 10.6. The minimum atomic E-state index is -5.39. The number of allylic oxidation sites excluding steroid dienone is 1. The molecule has 0 amide bonds. The van der Waals surface area contributed by atoms with E-state index in [2.05, 4.69) is 4.74 Å². The van der Waals surface area contributed by atoms with E-state index in [1.54, 1.807) is 0 Å². The van der Waals surface area contributed by atoms with Gasteiger partial charge in [0.25, 0.3) is 0 Å². The fourth-order valence-corrected chi connectivity index (χ4v) is 0.376. The van der Waals surface area contributed by atoms with Crippen LogP contribution in [0.3, 0.4) is 0 Å². The molecule has 0 radical (unpaired) electrons. The van der Waals surface area contributed by atoms with Gasteiger partial charge in [-0.1, -0.05) is 6.08 Å². The second-order valence-electron chi connectivity index (χ2n) is 2.42. The number of esters is 1. The molecule has 0 bridgehead atoms. The molecule has 0 atom stereocenters. The first kappa shape index (κ1) is 12.9. The van der Waals surface area contributed by atoms with Crippen LogP contribution in [-0.4, -0.2) is 23.3 Å². The highest BCUT2D eigenvalue weighted by molar-refractivity contribution is 5.87. The van der Waals surface area contributed by atoms with Crippen molar-refractivity contribution >= 4 is 5.97 Å². The lowest BCUT2D eigenvalue weighted by atomic mass is 10.3. The summed E-state index contributed by atoms with van der Waals surface area (Å²) in [6.07, 6.45) is -9.51. The first-order chi connectivity index (χ1) is 6.12. The normalized spacial score (nSPS) is 14.1. The molecule has 0 saturated carbocycles. The fraction of sp³-hybridized carbons (Fsp3) is 0.571. The molecule has 0 rings (SSSR count). The Morgan fingerprint density at radius 3 is 2.07 bits per heavy atom. The predicted molar refractivity (Wildman–Crippen MR) is 37.6 cm³/mol. The summed E-state index contributed by atoms with van der Waals surface area (Å²) >= 11 is 0. The number of rotatable bonds is 3. The highest BCUT2D eigenvalue weighted by Gasteiger charge is 2.60. The topological polar surface area (TPSA) is 46.5 Å². The lowest BCUT2D eigenvalue weighted by molar-refractivity contribution is -0.403. The number of alkyl halides is 4. The Bertz CT molecular complexity index is 254. The first-order valence-electron chi connectivity index (χ1n) is 3.46. The van der Waals surface area contributed by atoms with E-state index in [-0.39, 0.29) is 5.57 Å². The number of carbonyl (C=O) groups is 1. The van der Waals surface area contributed by atoms with Crippen molar-refractivity contribution in [2.45, 2.75) is 26.1 Å². The van der Waals surface area contributed by atoms with Gasteiger partial charge in [-0.2, -0.15) is 17.6 Å². The number of aliphatic hydroxyl groups is 1. The maximum absolute atomic E-state index is 12.2. The summed E-state index contributed by atoms with van der Waals surface area (Å²) in [6, 6.07) is 0. The Balaban J connectivity index is 4.62. The van der Waals surface area contributed by atoms with Crippen molar-refractivity contribution in [1.29, 1.82) is 0 Å². The fourth-order valence-electron chi connectivity index (χ4n) is 0.376. The van der Waals surface area contributed by atoms with E-state index < -0.39 is 18.2 Å². The molecule has 7 heteroatoms. The first-order valence-corrected chi connectivity index (χ1v) is 3.46. The van der Waals surface area contributed by atoms with Crippen LogP contribution in [0, 0.1) is 0 Å². The Labute approximate surface area is 77.0 Å². The minimum absolute atomic E-state index is 0.270. The highest BCUT2D eigenvalue weighted by Crippen LogP contribution is 2.33. The summed E-state index contributed by atoms with van der Waals surface area (Å²) in [7, 11) is 0. The van der Waals surface area contributed by atoms with Gasteiger partial charge in [-0.15, -0.1) is 0 Å². The number of hydrogen-bond donors (Lipinski definition) is 1. The Kier molecular flexibility index (Phi) is 3.64. The van der Waals surface area contributed by atoms with Crippen LogP contribution in [0.15, 0.2) is 11.6 Å². The zero-order chi connectivity index (χ0) is 11.6. The predicted octanol–water partition coefficient (Wildman–Crippen LogP) is 1.67. The molecular formula is C7H8F4O3. The van der Waals surface area contributed by atoms with Gasteiger partial charge < -0.3 is 9.84 Å². The lowest BCUT2D eigenvalue weighted by Crippen LogP contribution is -2.44. The summed E-state index contributed by atoms with van der Waals surface area (Å²) < 4.78 is 51.0. The molecule has 3 nitrogen and oxygen atoms in total. The zero-order valence-electron chi connectivity index (χ0n) is 7.35. The summed E-state index contributed by atoms with van der Waals surface area (Å²) in [5.41, 5.74) is -0.270. The molecule has 0 aliphatic heterocycles. The molecule has 0 aliphatic rings. The SMILES string of the molecule is CC=C(C)C(=O)OC(F)(F)C(O)(F)F. The average molecular weight is 216 g/mol. The van der Waals surface area contributed by atoms with Gasteiger partial charge in [0.2, 0.25) is 0 Å². The molecule has 0 aromatic heterocycles. The van der Waals surface area contributed by atoms with Crippen molar-refractivity contribution in [3.05, 3.63) is 11.6 Å². The van der Waals surface area contributed by atoms with Crippen LogP contribution in [-0.2, 0) is 9.53 Å². The van der Waals surface area contributed by atoms with E-state index in [0.29, 0.717) is 0 Å². The summed E-state index contributed by atoms with van der Waals surface area (Å²) in [5.74, 6) is -1.62. The van der Waals surface area contributed by atoms with Gasteiger partial charge in [-0.05, 0) is 13.8 Å². The van der Waals surface area contributed by atoms with Crippen LogP contribution in [0.2, 0.25) is 0 Å². The van der Waals surface area contributed by atoms with Gasteiger partial charge in [0.15, 0.2) is 0 Å². The zero-order valence-corrected chi connectivity index (χ0v) is 7.35. The highest BCUT2D eigenvalue weighted by atomic mass is 19.3. The molecule has 0 spiro atoms. The summed E-state index contributed by atoms with van der Waals surface area (Å²) in [6.45, 7) is 2.44. The lowest BCUT2D eigenvalue weighted by Gasteiger charge is -2.20. The van der Waals surface area contributed by atoms with Gasteiger partial charge in [-0.3, -0.25) is 0 Å². The number of carbonyl (C=O) groups excluding carboxylic acids is 1. The Hall–Kier alpha value is -1.11. The largest absolute Gasteiger partial charge is 0.496 e. The van der Waals surface area contributed by atoms with E-state index in [1.165, 1.54) is 6.92 Å². The van der Waals surface area contributed by atoms with Gasteiger partial charge in [0.05, 0.1) is 0 Å². The molecule has 14 heavy (non-hydrogen) atoms. The van der Waals surface area contributed by atoms with E-state index in [4.69, 9.17) is 5.11 Å². The van der Waals surface area contributed by atoms with Gasteiger partial charge in [0, 0.05) is 5.57 Å². The third-order valence-corrected chi connectivity index (χ3v) is 1.33. The minimum Gasteiger partial charge on any atom is -0.391 e. The molecular weight excluding hydrogens is 208 g/mol. The molecule has 0 unspecified atom stereocenters. The number of hydrogen-bond acceptors (Lipinski definition) is 3. The molecule has 0 heterocycles. The maximum Gasteiger partial charge on any atom is 0.496 e. The van der Waals surface area contributed by atoms with Crippen LogP contribution < -0.4 is 0 Å². The Morgan fingerprint density at radius 2 is 1.79 bits per heavy atom. The van der Waals surface area contributed by atoms with Crippen molar-refractivity contribution in [1.82, 2.24) is 0 Å². The standard InChI is InChI=1S/C7H8F4O3/c1-3-4(2)5(12)14-7(10,11)6(8,9)13/h3,13H,1-2H3. The van der Waals surface area contributed by atoms with Crippen LogP contribution in [0.1, 0.15) is 13.8 Å². The van der Waals surface area contributed by atoms with Crippen LogP contribution in [0.5, 0.6) is 0 Å². The van der Waals surface area contributed by atoms with Crippen LogP contribution in [0.25, 0.3) is 0 Å².